The lowest BCUT2D eigenvalue weighted by atomic mass is 9.98. The summed E-state index contributed by atoms with van der Waals surface area (Å²) in [4.78, 5) is 0. The molecule has 0 heterocycles. The van der Waals surface area contributed by atoms with Crippen molar-refractivity contribution in [3.8, 4) is 47.4 Å². The Morgan fingerprint density at radius 1 is 0.500 bits per heavy atom. The molecule has 0 amide bonds. The molecule has 0 bridgehead atoms. The predicted molar refractivity (Wildman–Crippen MR) is 137 cm³/mol. The average Bonchev–Trinajstić information content (AvgIpc) is 2.68. The number of hydrogen-bond donors (Lipinski definition) is 2. The maximum atomic E-state index is 9.98. The Morgan fingerprint density at radius 3 is 0.969 bits per heavy atom. The topological polar surface area (TPSA) is 40.5 Å². The van der Waals surface area contributed by atoms with E-state index < -0.39 is 11.2 Å². The molecule has 0 aliphatic heterocycles. The molecule has 2 N–H and O–H groups in total. The Kier molecular flexibility index (Phi) is 14.3. The fraction of sp³-hybridized carbons (Fsp3) is 0.600. The van der Waals surface area contributed by atoms with E-state index in [2.05, 4.69) is 75.1 Å². The summed E-state index contributed by atoms with van der Waals surface area (Å²) in [7, 11) is 0. The molecule has 0 spiro atoms. The SMILES string of the molecule is CCC/C(C#CC#C/C(CCC)=C(/C#CC(C)(C)O)CCC)=C(\C#CC(C)(C)O)CCC. The minimum Gasteiger partial charge on any atom is -0.378 e. The van der Waals surface area contributed by atoms with Gasteiger partial charge in [-0.05, 0) is 65.2 Å². The van der Waals surface area contributed by atoms with E-state index in [1.54, 1.807) is 27.7 Å². The smallest absolute Gasteiger partial charge is 0.120 e. The molecule has 0 aromatic heterocycles. The maximum Gasteiger partial charge on any atom is 0.120 e. The lowest BCUT2D eigenvalue weighted by molar-refractivity contribution is 0.143. The van der Waals surface area contributed by atoms with Crippen LogP contribution in [0.5, 0.6) is 0 Å². The van der Waals surface area contributed by atoms with Gasteiger partial charge in [0.1, 0.15) is 11.2 Å². The third-order valence-corrected chi connectivity index (χ3v) is 4.26. The normalized spacial score (nSPS) is 12.4. The molecule has 0 saturated carbocycles. The van der Waals surface area contributed by atoms with Gasteiger partial charge in [-0.3, -0.25) is 0 Å². The molecule has 0 rings (SSSR count). The van der Waals surface area contributed by atoms with Gasteiger partial charge in [-0.15, -0.1) is 0 Å². The van der Waals surface area contributed by atoms with Gasteiger partial charge in [0.2, 0.25) is 0 Å². The van der Waals surface area contributed by atoms with Crippen LogP contribution >= 0.6 is 0 Å². The zero-order valence-electron chi connectivity index (χ0n) is 21.6. The van der Waals surface area contributed by atoms with E-state index in [0.717, 1.165) is 73.7 Å². The molecule has 174 valence electrons. The molecule has 2 heteroatoms. The zero-order valence-corrected chi connectivity index (χ0v) is 21.6. The summed E-state index contributed by atoms with van der Waals surface area (Å²) in [5, 5.41) is 20.0. The van der Waals surface area contributed by atoms with E-state index in [1.165, 1.54) is 0 Å². The molecular weight excluding hydrogens is 392 g/mol. The van der Waals surface area contributed by atoms with Gasteiger partial charge in [0, 0.05) is 22.3 Å². The van der Waals surface area contributed by atoms with Crippen LogP contribution in [-0.4, -0.2) is 21.4 Å². The fourth-order valence-corrected chi connectivity index (χ4v) is 2.83. The Labute approximate surface area is 198 Å². The van der Waals surface area contributed by atoms with Gasteiger partial charge in [0.05, 0.1) is 0 Å². The van der Waals surface area contributed by atoms with Crippen molar-refractivity contribution >= 4 is 0 Å². The first-order valence-electron chi connectivity index (χ1n) is 11.9. The molecule has 2 nitrogen and oxygen atoms in total. The van der Waals surface area contributed by atoms with Gasteiger partial charge >= 0.3 is 0 Å². The molecular formula is C30H42O2. The van der Waals surface area contributed by atoms with E-state index in [9.17, 15) is 10.2 Å². The summed E-state index contributed by atoms with van der Waals surface area (Å²) in [6.07, 6.45) is 7.27. The highest BCUT2D eigenvalue weighted by Crippen LogP contribution is 2.17. The molecule has 0 atom stereocenters. The highest BCUT2D eigenvalue weighted by atomic mass is 16.3. The Hall–Kier alpha value is -2.36. The lowest BCUT2D eigenvalue weighted by Gasteiger charge is -2.08. The van der Waals surface area contributed by atoms with Gasteiger partial charge in [-0.1, -0.05) is 88.9 Å². The van der Waals surface area contributed by atoms with Gasteiger partial charge in [0.15, 0.2) is 0 Å². The minimum atomic E-state index is -1.02. The monoisotopic (exact) mass is 434 g/mol. The minimum absolute atomic E-state index is 0.842. The van der Waals surface area contributed by atoms with Crippen LogP contribution < -0.4 is 0 Å². The van der Waals surface area contributed by atoms with Gasteiger partial charge in [-0.25, -0.2) is 0 Å². The number of hydrogen-bond acceptors (Lipinski definition) is 2. The molecule has 0 unspecified atom stereocenters. The molecule has 32 heavy (non-hydrogen) atoms. The maximum absolute atomic E-state index is 9.98. The Balaban J connectivity index is 6.29. The van der Waals surface area contributed by atoms with E-state index in [-0.39, 0.29) is 0 Å². The van der Waals surface area contributed by atoms with E-state index >= 15 is 0 Å². The van der Waals surface area contributed by atoms with Crippen LogP contribution in [0.1, 0.15) is 107 Å². The van der Waals surface area contributed by atoms with Gasteiger partial charge < -0.3 is 10.2 Å². The first-order valence-corrected chi connectivity index (χ1v) is 11.9. The van der Waals surface area contributed by atoms with Crippen molar-refractivity contribution in [3.05, 3.63) is 22.3 Å². The molecule has 0 fully saturated rings. The highest BCUT2D eigenvalue weighted by Gasteiger charge is 2.09. The first kappa shape index (κ1) is 29.6. The third-order valence-electron chi connectivity index (χ3n) is 4.26. The lowest BCUT2D eigenvalue weighted by Crippen LogP contribution is -2.14. The summed E-state index contributed by atoms with van der Waals surface area (Å²) in [5.74, 6) is 24.7. The highest BCUT2D eigenvalue weighted by molar-refractivity contribution is 5.50. The second-order valence-corrected chi connectivity index (χ2v) is 9.03. The van der Waals surface area contributed by atoms with Crippen molar-refractivity contribution in [3.63, 3.8) is 0 Å². The van der Waals surface area contributed by atoms with Gasteiger partial charge in [0.25, 0.3) is 0 Å². The average molecular weight is 435 g/mol. The molecule has 0 aromatic carbocycles. The van der Waals surface area contributed by atoms with E-state index in [4.69, 9.17) is 0 Å². The molecule has 0 radical (unpaired) electrons. The van der Waals surface area contributed by atoms with Crippen molar-refractivity contribution in [2.24, 2.45) is 0 Å². The van der Waals surface area contributed by atoms with Gasteiger partial charge in [-0.2, -0.15) is 0 Å². The number of allylic oxidation sites excluding steroid dienone is 4. The molecule has 0 saturated heterocycles. The third kappa shape index (κ3) is 14.6. The van der Waals surface area contributed by atoms with Crippen molar-refractivity contribution in [2.75, 3.05) is 0 Å². The summed E-state index contributed by atoms with van der Waals surface area (Å²) < 4.78 is 0. The van der Waals surface area contributed by atoms with Crippen LogP contribution in [-0.2, 0) is 0 Å². The largest absolute Gasteiger partial charge is 0.378 e. The zero-order chi connectivity index (χ0) is 24.6. The van der Waals surface area contributed by atoms with Crippen LogP contribution in [0.4, 0.5) is 0 Å². The van der Waals surface area contributed by atoms with Crippen LogP contribution in [0.2, 0.25) is 0 Å². The van der Waals surface area contributed by atoms with Crippen LogP contribution in [0, 0.1) is 47.4 Å². The molecule has 0 aromatic rings. The second-order valence-electron chi connectivity index (χ2n) is 9.03. The second kappa shape index (κ2) is 15.4. The first-order chi connectivity index (χ1) is 15.0. The number of rotatable bonds is 8. The predicted octanol–water partition coefficient (Wildman–Crippen LogP) is 6.34. The Morgan fingerprint density at radius 2 is 0.750 bits per heavy atom. The number of aliphatic hydroxyl groups is 2. The van der Waals surface area contributed by atoms with E-state index in [0.29, 0.717) is 0 Å². The molecule has 0 aliphatic carbocycles. The van der Waals surface area contributed by atoms with E-state index in [1.807, 2.05) is 0 Å². The van der Waals surface area contributed by atoms with Crippen LogP contribution in [0.25, 0.3) is 0 Å². The van der Waals surface area contributed by atoms with Crippen molar-refractivity contribution in [1.29, 1.82) is 0 Å². The summed E-state index contributed by atoms with van der Waals surface area (Å²) >= 11 is 0. The Bertz CT molecular complexity index is 821. The van der Waals surface area contributed by atoms with Crippen molar-refractivity contribution in [1.82, 2.24) is 0 Å². The summed E-state index contributed by atoms with van der Waals surface area (Å²) in [6, 6.07) is 0. The molecule has 0 aliphatic rings. The van der Waals surface area contributed by atoms with Crippen molar-refractivity contribution < 1.29 is 10.2 Å². The fourth-order valence-electron chi connectivity index (χ4n) is 2.83. The van der Waals surface area contributed by atoms with Crippen LogP contribution in [0.15, 0.2) is 22.3 Å². The van der Waals surface area contributed by atoms with Crippen LogP contribution in [0.3, 0.4) is 0 Å². The quantitative estimate of drug-likeness (QED) is 0.438. The summed E-state index contributed by atoms with van der Waals surface area (Å²) in [6.45, 7) is 15.3. The summed E-state index contributed by atoms with van der Waals surface area (Å²) in [5.41, 5.74) is 1.97. The standard InChI is InChI=1S/C30H42O2/c1-9-15-25(27(17-11-3)21-23-29(5,6)31)19-13-14-20-26(16-10-2)28(18-12-4)22-24-30(7,8)32/h31-32H,9-12,15-18H2,1-8H3/b27-25+,28-26+. The van der Waals surface area contributed by atoms with Crippen molar-refractivity contribution in [2.45, 2.75) is 118 Å².